The molecule has 0 fully saturated rings. The minimum atomic E-state index is -4.18. The quantitative estimate of drug-likeness (QED) is 0.279. The smallest absolute Gasteiger partial charge is 0.472 e. The van der Waals surface area contributed by atoms with E-state index in [4.69, 9.17) is 18.9 Å². The summed E-state index contributed by atoms with van der Waals surface area (Å²) >= 11 is 0. The monoisotopic (exact) mass is 474 g/mol. The number of rotatable bonds is 13. The summed E-state index contributed by atoms with van der Waals surface area (Å²) in [5, 5.41) is 11.0. The molecule has 0 saturated carbocycles. The SMILES string of the molecule is C[N+](C)(CCOP(=O)(O)OCCO)[C@@H](CCOc1cccc2ccccc12)c1ccccc1. The van der Waals surface area contributed by atoms with Gasteiger partial charge in [-0.05, 0) is 11.5 Å². The Hall–Kier alpha value is -2.25. The molecule has 0 bridgehead atoms. The zero-order valence-electron chi connectivity index (χ0n) is 19.2. The second kappa shape index (κ2) is 11.7. The van der Waals surface area contributed by atoms with Crippen LogP contribution in [-0.2, 0) is 13.6 Å². The van der Waals surface area contributed by atoms with Gasteiger partial charge < -0.3 is 19.2 Å². The highest BCUT2D eigenvalue weighted by Crippen LogP contribution is 2.43. The van der Waals surface area contributed by atoms with Gasteiger partial charge in [0.25, 0.3) is 0 Å². The first-order valence-electron chi connectivity index (χ1n) is 11.0. The number of quaternary nitrogens is 1. The van der Waals surface area contributed by atoms with Crippen molar-refractivity contribution in [2.75, 3.05) is 47.1 Å². The van der Waals surface area contributed by atoms with Crippen molar-refractivity contribution in [3.8, 4) is 5.75 Å². The molecule has 3 aromatic carbocycles. The Labute approximate surface area is 195 Å². The Kier molecular flexibility index (Phi) is 9.03. The number of aliphatic hydroxyl groups excluding tert-OH is 1. The van der Waals surface area contributed by atoms with E-state index in [0.29, 0.717) is 17.6 Å². The predicted octanol–water partition coefficient (Wildman–Crippen LogP) is 4.55. The molecular formula is C25H33NO6P+. The van der Waals surface area contributed by atoms with Crippen LogP contribution < -0.4 is 4.74 Å². The number of fused-ring (bicyclic) bond motifs is 1. The Morgan fingerprint density at radius 3 is 2.30 bits per heavy atom. The summed E-state index contributed by atoms with van der Waals surface area (Å²) in [4.78, 5) is 9.73. The van der Waals surface area contributed by atoms with Crippen LogP contribution in [0.4, 0.5) is 0 Å². The van der Waals surface area contributed by atoms with Crippen LogP contribution in [0.25, 0.3) is 10.8 Å². The molecule has 0 aliphatic carbocycles. The van der Waals surface area contributed by atoms with Gasteiger partial charge in [0.15, 0.2) is 0 Å². The molecule has 0 aliphatic heterocycles. The van der Waals surface area contributed by atoms with Crippen molar-refractivity contribution in [3.05, 3.63) is 78.4 Å². The molecule has 3 aromatic rings. The minimum absolute atomic E-state index is 0.0414. The first-order chi connectivity index (χ1) is 15.8. The van der Waals surface area contributed by atoms with E-state index in [1.165, 1.54) is 0 Å². The lowest BCUT2D eigenvalue weighted by Gasteiger charge is -2.38. The number of phosphoric acid groups is 1. The lowest BCUT2D eigenvalue weighted by atomic mass is 10.0. The molecule has 7 nitrogen and oxygen atoms in total. The summed E-state index contributed by atoms with van der Waals surface area (Å²) in [5.41, 5.74) is 1.16. The number of nitrogens with zero attached hydrogens (tertiary/aromatic N) is 1. The van der Waals surface area contributed by atoms with E-state index in [-0.39, 0.29) is 25.9 Å². The third-order valence-electron chi connectivity index (χ3n) is 5.69. The van der Waals surface area contributed by atoms with Crippen molar-refractivity contribution in [3.63, 3.8) is 0 Å². The summed E-state index contributed by atoms with van der Waals surface area (Å²) < 4.78 is 28.4. The number of aliphatic hydroxyl groups is 1. The molecule has 0 radical (unpaired) electrons. The lowest BCUT2D eigenvalue weighted by molar-refractivity contribution is -0.921. The second-order valence-electron chi connectivity index (χ2n) is 8.40. The van der Waals surface area contributed by atoms with Crippen LogP contribution in [0.15, 0.2) is 72.8 Å². The highest BCUT2D eigenvalue weighted by atomic mass is 31.2. The third-order valence-corrected chi connectivity index (χ3v) is 6.71. The summed E-state index contributed by atoms with van der Waals surface area (Å²) in [6.07, 6.45) is 0.748. The summed E-state index contributed by atoms with van der Waals surface area (Å²) in [7, 11) is -0.0461. The fraction of sp³-hybridized carbons (Fsp3) is 0.360. The van der Waals surface area contributed by atoms with E-state index < -0.39 is 7.82 Å². The van der Waals surface area contributed by atoms with Gasteiger partial charge in [-0.3, -0.25) is 9.05 Å². The van der Waals surface area contributed by atoms with Crippen LogP contribution in [0.3, 0.4) is 0 Å². The van der Waals surface area contributed by atoms with Gasteiger partial charge in [0.1, 0.15) is 24.9 Å². The van der Waals surface area contributed by atoms with Crippen molar-refractivity contribution in [2.45, 2.75) is 12.5 Å². The first kappa shape index (κ1) is 25.4. The molecule has 0 spiro atoms. The molecule has 0 heterocycles. The maximum atomic E-state index is 11.9. The average molecular weight is 475 g/mol. The second-order valence-corrected chi connectivity index (χ2v) is 9.86. The van der Waals surface area contributed by atoms with Gasteiger partial charge in [-0.2, -0.15) is 0 Å². The molecule has 0 amide bonds. The van der Waals surface area contributed by atoms with E-state index in [2.05, 4.69) is 44.4 Å². The predicted molar refractivity (Wildman–Crippen MR) is 129 cm³/mol. The number of hydrogen-bond acceptors (Lipinski definition) is 5. The van der Waals surface area contributed by atoms with Gasteiger partial charge in [0, 0.05) is 17.4 Å². The molecule has 178 valence electrons. The minimum Gasteiger partial charge on any atom is -0.493 e. The highest BCUT2D eigenvalue weighted by molar-refractivity contribution is 7.47. The fourth-order valence-electron chi connectivity index (χ4n) is 3.94. The Balaban J connectivity index is 1.67. The molecule has 33 heavy (non-hydrogen) atoms. The van der Waals surface area contributed by atoms with E-state index in [1.54, 1.807) is 0 Å². The van der Waals surface area contributed by atoms with Crippen molar-refractivity contribution >= 4 is 18.6 Å². The molecule has 3 rings (SSSR count). The normalized spacial score (nSPS) is 14.7. The van der Waals surface area contributed by atoms with Gasteiger partial charge in [0.2, 0.25) is 0 Å². The number of likely N-dealkylation sites (N-methyl/N-ethyl adjacent to an activating group) is 1. The van der Waals surface area contributed by atoms with Gasteiger partial charge >= 0.3 is 7.82 Å². The maximum absolute atomic E-state index is 11.9. The van der Waals surface area contributed by atoms with Gasteiger partial charge in [-0.25, -0.2) is 4.57 Å². The van der Waals surface area contributed by atoms with Crippen molar-refractivity contribution in [2.24, 2.45) is 0 Å². The van der Waals surface area contributed by atoms with Crippen LogP contribution in [0.1, 0.15) is 18.0 Å². The summed E-state index contributed by atoms with van der Waals surface area (Å²) in [6.45, 7) is 0.460. The van der Waals surface area contributed by atoms with Crippen LogP contribution in [0, 0.1) is 0 Å². The van der Waals surface area contributed by atoms with Crippen molar-refractivity contribution in [1.82, 2.24) is 0 Å². The summed E-state index contributed by atoms with van der Waals surface area (Å²) in [6, 6.07) is 24.5. The van der Waals surface area contributed by atoms with Gasteiger partial charge in [0.05, 0.1) is 33.9 Å². The van der Waals surface area contributed by atoms with E-state index in [0.717, 1.165) is 28.5 Å². The Morgan fingerprint density at radius 2 is 1.55 bits per heavy atom. The Bertz CT molecular complexity index is 1050. The van der Waals surface area contributed by atoms with E-state index in [1.807, 2.05) is 42.5 Å². The highest BCUT2D eigenvalue weighted by Gasteiger charge is 2.31. The number of hydrogen-bond donors (Lipinski definition) is 2. The molecule has 1 unspecified atom stereocenters. The zero-order chi connectivity index (χ0) is 23.7. The zero-order valence-corrected chi connectivity index (χ0v) is 20.1. The standard InChI is InChI=1S/C25H32NO6P/c1-26(2,16-19-31-33(28,29)32-20-17-27)24(22-10-4-3-5-11-22)15-18-30-25-14-8-12-21-9-6-7-13-23(21)25/h3-14,24,27H,15-20H2,1-2H3/p+1/t24-/m0/s1. The van der Waals surface area contributed by atoms with Gasteiger partial charge in [-0.1, -0.05) is 66.7 Å². The molecule has 0 aromatic heterocycles. The first-order valence-corrected chi connectivity index (χ1v) is 12.5. The van der Waals surface area contributed by atoms with Gasteiger partial charge in [-0.15, -0.1) is 0 Å². The number of benzene rings is 3. The molecule has 0 saturated heterocycles. The molecule has 2 N–H and O–H groups in total. The average Bonchev–Trinajstić information content (AvgIpc) is 2.81. The summed E-state index contributed by atoms with van der Waals surface area (Å²) in [5.74, 6) is 0.857. The third kappa shape index (κ3) is 7.37. The topological polar surface area (TPSA) is 85.2 Å². The number of ether oxygens (including phenoxy) is 1. The van der Waals surface area contributed by atoms with E-state index >= 15 is 0 Å². The fourth-order valence-corrected chi connectivity index (χ4v) is 4.64. The molecule has 2 atom stereocenters. The Morgan fingerprint density at radius 1 is 0.879 bits per heavy atom. The van der Waals surface area contributed by atoms with Crippen molar-refractivity contribution < 1.29 is 32.8 Å². The number of phosphoric ester groups is 1. The van der Waals surface area contributed by atoms with Crippen LogP contribution in [0.5, 0.6) is 5.75 Å². The molecule has 8 heteroatoms. The van der Waals surface area contributed by atoms with Crippen molar-refractivity contribution in [1.29, 1.82) is 0 Å². The maximum Gasteiger partial charge on any atom is 0.472 e. The molecule has 0 aliphatic rings. The molecular weight excluding hydrogens is 441 g/mol. The van der Waals surface area contributed by atoms with Crippen LogP contribution in [0.2, 0.25) is 0 Å². The van der Waals surface area contributed by atoms with E-state index in [9.17, 15) is 9.46 Å². The van der Waals surface area contributed by atoms with Crippen LogP contribution >= 0.6 is 7.82 Å². The van der Waals surface area contributed by atoms with Crippen LogP contribution in [-0.4, -0.2) is 61.6 Å². The lowest BCUT2D eigenvalue weighted by Crippen LogP contribution is -2.46. The largest absolute Gasteiger partial charge is 0.493 e.